The predicted octanol–water partition coefficient (Wildman–Crippen LogP) is 2.33. The molecule has 3 heterocycles. The SMILES string of the molecule is N#Cc1ccnc(-n2ncc3ccc(-c4cncc(N)c4)cc32)n1. The molecule has 0 radical (unpaired) electrons. The topological polar surface area (TPSA) is 106 Å². The van der Waals surface area contributed by atoms with E-state index in [4.69, 9.17) is 11.0 Å². The van der Waals surface area contributed by atoms with E-state index >= 15 is 0 Å². The second kappa shape index (κ2) is 5.44. The Balaban J connectivity index is 1.89. The molecule has 114 valence electrons. The lowest BCUT2D eigenvalue weighted by atomic mass is 10.1. The van der Waals surface area contributed by atoms with Crippen LogP contribution in [0, 0.1) is 11.3 Å². The predicted molar refractivity (Wildman–Crippen MR) is 89.0 cm³/mol. The maximum absolute atomic E-state index is 9.00. The molecule has 0 saturated carbocycles. The van der Waals surface area contributed by atoms with E-state index in [0.29, 0.717) is 17.3 Å². The second-order valence-electron chi connectivity index (χ2n) is 5.19. The van der Waals surface area contributed by atoms with Crippen LogP contribution in [0.1, 0.15) is 5.69 Å². The summed E-state index contributed by atoms with van der Waals surface area (Å²) < 4.78 is 1.61. The fourth-order valence-corrected chi connectivity index (χ4v) is 2.49. The van der Waals surface area contributed by atoms with Crippen LogP contribution in [0.2, 0.25) is 0 Å². The number of fused-ring (bicyclic) bond motifs is 1. The van der Waals surface area contributed by atoms with Crippen LogP contribution in [0.25, 0.3) is 28.0 Å². The van der Waals surface area contributed by atoms with E-state index in [2.05, 4.69) is 20.1 Å². The van der Waals surface area contributed by atoms with Crippen molar-refractivity contribution < 1.29 is 0 Å². The molecule has 4 rings (SSSR count). The van der Waals surface area contributed by atoms with Crippen molar-refractivity contribution in [3.8, 4) is 23.1 Å². The van der Waals surface area contributed by atoms with Crippen LogP contribution in [0.5, 0.6) is 0 Å². The van der Waals surface area contributed by atoms with Gasteiger partial charge in [0, 0.05) is 29.5 Å². The lowest BCUT2D eigenvalue weighted by Crippen LogP contribution is -2.03. The van der Waals surface area contributed by atoms with Crippen LogP contribution in [-0.4, -0.2) is 24.7 Å². The first kappa shape index (κ1) is 13.8. The van der Waals surface area contributed by atoms with Crippen molar-refractivity contribution in [2.24, 2.45) is 0 Å². The minimum absolute atomic E-state index is 0.292. The zero-order valence-corrected chi connectivity index (χ0v) is 12.5. The van der Waals surface area contributed by atoms with E-state index in [9.17, 15) is 0 Å². The molecule has 0 saturated heterocycles. The van der Waals surface area contributed by atoms with E-state index in [1.807, 2.05) is 30.3 Å². The van der Waals surface area contributed by atoms with Crippen LogP contribution in [-0.2, 0) is 0 Å². The molecule has 0 spiro atoms. The van der Waals surface area contributed by atoms with E-state index in [0.717, 1.165) is 22.0 Å². The largest absolute Gasteiger partial charge is 0.397 e. The molecule has 0 bridgehead atoms. The van der Waals surface area contributed by atoms with Crippen LogP contribution in [0.3, 0.4) is 0 Å². The molecule has 0 aliphatic heterocycles. The van der Waals surface area contributed by atoms with Crippen LogP contribution < -0.4 is 5.73 Å². The smallest absolute Gasteiger partial charge is 0.252 e. The fourth-order valence-electron chi connectivity index (χ4n) is 2.49. The number of nitrogens with zero attached hydrogens (tertiary/aromatic N) is 6. The summed E-state index contributed by atoms with van der Waals surface area (Å²) in [5.41, 5.74) is 9.42. The van der Waals surface area contributed by atoms with Crippen molar-refractivity contribution in [1.29, 1.82) is 5.26 Å². The number of pyridine rings is 1. The van der Waals surface area contributed by atoms with E-state index in [1.54, 1.807) is 35.5 Å². The molecule has 24 heavy (non-hydrogen) atoms. The maximum atomic E-state index is 9.00. The number of hydrogen-bond donors (Lipinski definition) is 1. The third-order valence-electron chi connectivity index (χ3n) is 3.61. The van der Waals surface area contributed by atoms with Gasteiger partial charge in [0.15, 0.2) is 0 Å². The highest BCUT2D eigenvalue weighted by molar-refractivity contribution is 5.85. The highest BCUT2D eigenvalue weighted by atomic mass is 15.3. The number of hydrogen-bond acceptors (Lipinski definition) is 6. The summed E-state index contributed by atoms with van der Waals surface area (Å²) in [4.78, 5) is 12.5. The van der Waals surface area contributed by atoms with Crippen molar-refractivity contribution >= 4 is 16.6 Å². The monoisotopic (exact) mass is 313 g/mol. The quantitative estimate of drug-likeness (QED) is 0.608. The summed E-state index contributed by atoms with van der Waals surface area (Å²) in [5, 5.41) is 14.3. The lowest BCUT2D eigenvalue weighted by molar-refractivity contribution is 0.829. The molecule has 0 aliphatic rings. The summed E-state index contributed by atoms with van der Waals surface area (Å²) in [6, 6.07) is 11.3. The first-order chi connectivity index (χ1) is 11.7. The van der Waals surface area contributed by atoms with E-state index in [1.165, 1.54) is 0 Å². The molecule has 0 amide bonds. The fraction of sp³-hybridized carbons (Fsp3) is 0. The zero-order valence-electron chi connectivity index (χ0n) is 12.5. The molecule has 7 nitrogen and oxygen atoms in total. The average Bonchev–Trinajstić information content (AvgIpc) is 3.05. The second-order valence-corrected chi connectivity index (χ2v) is 5.19. The summed E-state index contributed by atoms with van der Waals surface area (Å²) in [6.07, 6.45) is 6.64. The van der Waals surface area contributed by atoms with Crippen LogP contribution in [0.4, 0.5) is 5.69 Å². The Bertz CT molecular complexity index is 1090. The Morgan fingerprint density at radius 3 is 2.79 bits per heavy atom. The van der Waals surface area contributed by atoms with E-state index < -0.39 is 0 Å². The third kappa shape index (κ3) is 2.32. The van der Waals surface area contributed by atoms with Crippen molar-refractivity contribution in [2.75, 3.05) is 5.73 Å². The molecular formula is C17H11N7. The third-order valence-corrected chi connectivity index (χ3v) is 3.61. The minimum Gasteiger partial charge on any atom is -0.397 e. The maximum Gasteiger partial charge on any atom is 0.252 e. The summed E-state index contributed by atoms with van der Waals surface area (Å²) >= 11 is 0. The average molecular weight is 313 g/mol. The van der Waals surface area contributed by atoms with Gasteiger partial charge in [-0.25, -0.2) is 9.97 Å². The Hall–Kier alpha value is -3.79. The number of nitriles is 1. The molecular weight excluding hydrogens is 302 g/mol. The van der Waals surface area contributed by atoms with Crippen LogP contribution >= 0.6 is 0 Å². The number of nitrogens with two attached hydrogens (primary N) is 1. The Morgan fingerprint density at radius 1 is 1.04 bits per heavy atom. The number of rotatable bonds is 2. The van der Waals surface area contributed by atoms with Crippen molar-refractivity contribution in [2.45, 2.75) is 0 Å². The Labute approximate surface area is 137 Å². The number of nitrogen functional groups attached to an aromatic ring is 1. The first-order valence-corrected chi connectivity index (χ1v) is 7.17. The summed E-state index contributed by atoms with van der Waals surface area (Å²) in [7, 11) is 0. The van der Waals surface area contributed by atoms with Gasteiger partial charge >= 0.3 is 0 Å². The van der Waals surface area contributed by atoms with Gasteiger partial charge in [0.05, 0.1) is 17.4 Å². The molecule has 0 unspecified atom stereocenters. The van der Waals surface area contributed by atoms with Crippen molar-refractivity contribution in [1.82, 2.24) is 24.7 Å². The van der Waals surface area contributed by atoms with Crippen molar-refractivity contribution in [3.63, 3.8) is 0 Å². The number of benzene rings is 1. The molecule has 4 aromatic rings. The van der Waals surface area contributed by atoms with E-state index in [-0.39, 0.29) is 0 Å². The number of aromatic nitrogens is 5. The first-order valence-electron chi connectivity index (χ1n) is 7.17. The minimum atomic E-state index is 0.292. The molecule has 2 N–H and O–H groups in total. The molecule has 0 atom stereocenters. The van der Waals surface area contributed by atoms with Gasteiger partial charge in [-0.3, -0.25) is 4.98 Å². The Morgan fingerprint density at radius 2 is 1.96 bits per heavy atom. The highest BCUT2D eigenvalue weighted by Crippen LogP contribution is 2.25. The molecule has 1 aromatic carbocycles. The molecule has 0 aliphatic carbocycles. The van der Waals surface area contributed by atoms with Gasteiger partial charge in [0.1, 0.15) is 11.8 Å². The number of anilines is 1. The molecule has 3 aromatic heterocycles. The standard InChI is InChI=1S/C17H11N7/c18-7-15-3-4-21-17(23-15)24-16-6-11(1-2-12(16)9-22-24)13-5-14(19)10-20-8-13/h1-6,8-10H,19H2. The summed E-state index contributed by atoms with van der Waals surface area (Å²) in [5.74, 6) is 0.354. The van der Waals surface area contributed by atoms with Gasteiger partial charge in [0.25, 0.3) is 5.95 Å². The summed E-state index contributed by atoms with van der Waals surface area (Å²) in [6.45, 7) is 0. The van der Waals surface area contributed by atoms with Crippen LogP contribution in [0.15, 0.2) is 55.1 Å². The lowest BCUT2D eigenvalue weighted by Gasteiger charge is -2.05. The normalized spacial score (nSPS) is 10.6. The molecule has 7 heteroatoms. The van der Waals surface area contributed by atoms with Gasteiger partial charge in [0.2, 0.25) is 0 Å². The van der Waals surface area contributed by atoms with Gasteiger partial charge in [-0.05, 0) is 23.8 Å². The molecule has 0 fully saturated rings. The van der Waals surface area contributed by atoms with Gasteiger partial charge in [-0.2, -0.15) is 15.0 Å². The van der Waals surface area contributed by atoms with Gasteiger partial charge < -0.3 is 5.73 Å². The highest BCUT2D eigenvalue weighted by Gasteiger charge is 2.10. The Kier molecular flexibility index (Phi) is 3.14. The zero-order chi connectivity index (χ0) is 16.5. The van der Waals surface area contributed by atoms with Crippen molar-refractivity contribution in [3.05, 3.63) is 60.8 Å². The van der Waals surface area contributed by atoms with Gasteiger partial charge in [-0.15, -0.1) is 0 Å². The van der Waals surface area contributed by atoms with Gasteiger partial charge in [-0.1, -0.05) is 12.1 Å².